The number of nitrogens with zero attached hydrogens (tertiary/aromatic N) is 1. The Hall–Kier alpha value is -2.14. The van der Waals surface area contributed by atoms with E-state index in [0.717, 1.165) is 23.0 Å². The van der Waals surface area contributed by atoms with E-state index in [0.29, 0.717) is 18.1 Å². The Morgan fingerprint density at radius 1 is 1.09 bits per heavy atom. The van der Waals surface area contributed by atoms with Gasteiger partial charge < -0.3 is 5.32 Å². The van der Waals surface area contributed by atoms with Gasteiger partial charge in [-0.2, -0.15) is 0 Å². The van der Waals surface area contributed by atoms with E-state index in [9.17, 15) is 4.79 Å². The minimum atomic E-state index is -0.175. The molecule has 0 radical (unpaired) electrons. The number of benzene rings is 2. The molecule has 0 aliphatic heterocycles. The maximum absolute atomic E-state index is 12.3. The summed E-state index contributed by atoms with van der Waals surface area (Å²) in [5.74, 6) is 0.292. The summed E-state index contributed by atoms with van der Waals surface area (Å²) in [6.07, 6.45) is 2.04. The van der Waals surface area contributed by atoms with Gasteiger partial charge in [-0.25, -0.2) is 0 Å². The first-order valence-electron chi connectivity index (χ1n) is 7.62. The lowest BCUT2D eigenvalue weighted by atomic mass is 10.2. The molecule has 0 unspecified atom stereocenters. The largest absolute Gasteiger partial charge is 0.326 e. The van der Waals surface area contributed by atoms with Crippen LogP contribution in [-0.2, 0) is 0 Å². The molecule has 2 N–H and O–H groups in total. The van der Waals surface area contributed by atoms with Crippen molar-refractivity contribution in [3.63, 3.8) is 0 Å². The van der Waals surface area contributed by atoms with Crippen LogP contribution in [0.5, 0.6) is 0 Å². The first-order valence-corrected chi connectivity index (χ1v) is 8.42. The number of nitrogens with one attached hydrogen (secondary N) is 2. The summed E-state index contributed by atoms with van der Waals surface area (Å²) in [7, 11) is 0. The molecule has 5 heteroatoms. The fraction of sp³-hybridized carbons (Fsp3) is 0.222. The third-order valence-electron chi connectivity index (χ3n) is 3.16. The minimum absolute atomic E-state index is 0.175. The van der Waals surface area contributed by atoms with Crippen LogP contribution in [0.15, 0.2) is 64.1 Å². The van der Waals surface area contributed by atoms with E-state index >= 15 is 0 Å². The summed E-state index contributed by atoms with van der Waals surface area (Å²) in [6.45, 7) is 2.78. The third kappa shape index (κ3) is 5.87. The van der Waals surface area contributed by atoms with Crippen LogP contribution < -0.4 is 10.6 Å². The highest BCUT2D eigenvalue weighted by molar-refractivity contribution is 9.10. The highest BCUT2D eigenvalue weighted by atomic mass is 79.9. The maximum atomic E-state index is 12.3. The Morgan fingerprint density at radius 2 is 1.78 bits per heavy atom. The number of aliphatic imine (C=N–C) groups is 1. The molecule has 120 valence electrons. The number of amides is 1. The van der Waals surface area contributed by atoms with Gasteiger partial charge in [-0.1, -0.05) is 47.5 Å². The van der Waals surface area contributed by atoms with Crippen LogP contribution in [0.1, 0.15) is 30.1 Å². The lowest BCUT2D eigenvalue weighted by Crippen LogP contribution is -2.36. The molecule has 0 aromatic heterocycles. The topological polar surface area (TPSA) is 53.5 Å². The standard InChI is InChI=1S/C18H20BrN3O/c1-2-3-13-20-18(21-16-11-9-15(19)10-12-16)22-17(23)14-7-5-4-6-8-14/h4-12H,2-3,13H2,1H3,(H2,20,21,22,23). The summed E-state index contributed by atoms with van der Waals surface area (Å²) in [4.78, 5) is 16.8. The molecule has 0 aliphatic rings. The summed E-state index contributed by atoms with van der Waals surface area (Å²) < 4.78 is 1.00. The van der Waals surface area contributed by atoms with E-state index in [2.05, 4.69) is 38.5 Å². The minimum Gasteiger partial charge on any atom is -0.326 e. The van der Waals surface area contributed by atoms with Crippen molar-refractivity contribution in [2.45, 2.75) is 19.8 Å². The number of hydrogen-bond donors (Lipinski definition) is 2. The van der Waals surface area contributed by atoms with Crippen molar-refractivity contribution in [3.05, 3.63) is 64.6 Å². The zero-order valence-electron chi connectivity index (χ0n) is 13.1. The fourth-order valence-electron chi connectivity index (χ4n) is 1.90. The summed E-state index contributed by atoms with van der Waals surface area (Å²) in [5, 5.41) is 6.01. The second-order valence-electron chi connectivity index (χ2n) is 5.04. The van der Waals surface area contributed by atoms with Crippen LogP contribution in [0, 0.1) is 0 Å². The first-order chi connectivity index (χ1) is 11.2. The molecule has 0 bridgehead atoms. The van der Waals surface area contributed by atoms with Gasteiger partial charge in [-0.15, -0.1) is 0 Å². The molecule has 2 rings (SSSR count). The quantitative estimate of drug-likeness (QED) is 0.462. The number of anilines is 1. The van der Waals surface area contributed by atoms with Crippen molar-refractivity contribution in [1.29, 1.82) is 0 Å². The van der Waals surface area contributed by atoms with Crippen LogP contribution >= 0.6 is 15.9 Å². The SMILES string of the molecule is CCCCN=C(NC(=O)c1ccccc1)Nc1ccc(Br)cc1. The predicted octanol–water partition coefficient (Wildman–Crippen LogP) is 4.45. The van der Waals surface area contributed by atoms with E-state index in [-0.39, 0.29) is 5.91 Å². The smallest absolute Gasteiger partial charge is 0.257 e. The molecular formula is C18H20BrN3O. The molecular weight excluding hydrogens is 354 g/mol. The van der Waals surface area contributed by atoms with E-state index in [1.165, 1.54) is 0 Å². The number of hydrogen-bond acceptors (Lipinski definition) is 2. The van der Waals surface area contributed by atoms with Gasteiger partial charge in [0.05, 0.1) is 0 Å². The zero-order valence-corrected chi connectivity index (χ0v) is 14.6. The van der Waals surface area contributed by atoms with Gasteiger partial charge in [0.1, 0.15) is 0 Å². The first kappa shape index (κ1) is 17.2. The Bertz CT molecular complexity index is 654. The predicted molar refractivity (Wildman–Crippen MR) is 98.9 cm³/mol. The summed E-state index contributed by atoms with van der Waals surface area (Å²) in [5.41, 5.74) is 1.48. The van der Waals surface area contributed by atoms with Crippen molar-refractivity contribution in [2.75, 3.05) is 11.9 Å². The molecule has 2 aromatic rings. The number of rotatable bonds is 5. The van der Waals surface area contributed by atoms with Gasteiger partial charge in [-0.3, -0.25) is 15.1 Å². The van der Waals surface area contributed by atoms with E-state index < -0.39 is 0 Å². The highest BCUT2D eigenvalue weighted by Gasteiger charge is 2.08. The summed E-state index contributed by atoms with van der Waals surface area (Å²) >= 11 is 3.41. The molecule has 23 heavy (non-hydrogen) atoms. The van der Waals surface area contributed by atoms with Crippen LogP contribution in [0.4, 0.5) is 5.69 Å². The Balaban J connectivity index is 2.09. The van der Waals surface area contributed by atoms with Crippen molar-refractivity contribution in [1.82, 2.24) is 5.32 Å². The van der Waals surface area contributed by atoms with E-state index in [4.69, 9.17) is 0 Å². The van der Waals surface area contributed by atoms with Crippen LogP contribution in [-0.4, -0.2) is 18.4 Å². The Kier molecular flexibility index (Phi) is 6.81. The van der Waals surface area contributed by atoms with Gasteiger partial charge in [-0.05, 0) is 42.8 Å². The molecule has 0 saturated heterocycles. The van der Waals surface area contributed by atoms with Gasteiger partial charge in [0, 0.05) is 22.3 Å². The zero-order chi connectivity index (χ0) is 16.5. The van der Waals surface area contributed by atoms with Crippen LogP contribution in [0.3, 0.4) is 0 Å². The van der Waals surface area contributed by atoms with E-state index in [1.54, 1.807) is 12.1 Å². The Labute approximate surface area is 145 Å². The third-order valence-corrected chi connectivity index (χ3v) is 3.69. The lowest BCUT2D eigenvalue weighted by molar-refractivity contribution is 0.0977. The maximum Gasteiger partial charge on any atom is 0.257 e. The molecule has 0 spiro atoms. The monoisotopic (exact) mass is 373 g/mol. The highest BCUT2D eigenvalue weighted by Crippen LogP contribution is 2.14. The number of carbonyl (C=O) groups excluding carboxylic acids is 1. The number of guanidine groups is 1. The number of halogens is 1. The van der Waals surface area contributed by atoms with Gasteiger partial charge in [0.2, 0.25) is 5.96 Å². The van der Waals surface area contributed by atoms with Crippen molar-refractivity contribution < 1.29 is 4.79 Å². The molecule has 2 aromatic carbocycles. The Morgan fingerprint density at radius 3 is 2.43 bits per heavy atom. The van der Waals surface area contributed by atoms with Gasteiger partial charge in [0.15, 0.2) is 0 Å². The van der Waals surface area contributed by atoms with Crippen molar-refractivity contribution >= 4 is 33.5 Å². The number of carbonyl (C=O) groups is 1. The molecule has 0 heterocycles. The second-order valence-corrected chi connectivity index (χ2v) is 5.95. The second kappa shape index (κ2) is 9.10. The average molecular weight is 374 g/mol. The lowest BCUT2D eigenvalue weighted by Gasteiger charge is -2.12. The van der Waals surface area contributed by atoms with Crippen molar-refractivity contribution in [2.24, 2.45) is 4.99 Å². The molecule has 0 fully saturated rings. The average Bonchev–Trinajstić information content (AvgIpc) is 2.58. The van der Waals surface area contributed by atoms with E-state index in [1.807, 2.05) is 42.5 Å². The molecule has 4 nitrogen and oxygen atoms in total. The molecule has 0 saturated carbocycles. The van der Waals surface area contributed by atoms with Gasteiger partial charge in [0.25, 0.3) is 5.91 Å². The normalized spacial score (nSPS) is 11.1. The van der Waals surface area contributed by atoms with Crippen LogP contribution in [0.25, 0.3) is 0 Å². The molecule has 0 aliphatic carbocycles. The number of unbranched alkanes of at least 4 members (excludes halogenated alkanes) is 1. The van der Waals surface area contributed by atoms with Gasteiger partial charge >= 0.3 is 0 Å². The summed E-state index contributed by atoms with van der Waals surface area (Å²) in [6, 6.07) is 16.8. The van der Waals surface area contributed by atoms with Crippen LogP contribution in [0.2, 0.25) is 0 Å². The fourth-order valence-corrected chi connectivity index (χ4v) is 2.16. The van der Waals surface area contributed by atoms with Crippen molar-refractivity contribution in [3.8, 4) is 0 Å². The molecule has 1 amide bonds. The molecule has 0 atom stereocenters.